The fourth-order valence-electron chi connectivity index (χ4n) is 2.69. The van der Waals surface area contributed by atoms with Crippen molar-refractivity contribution < 1.29 is 4.39 Å². The topological polar surface area (TPSA) is 24.9 Å². The number of benzene rings is 1. The summed E-state index contributed by atoms with van der Waals surface area (Å²) in [6.07, 6.45) is 4.66. The first-order chi connectivity index (χ1) is 10.1. The number of rotatable bonds is 6. The molecule has 112 valence electrons. The number of hydrogen-bond acceptors (Lipinski definition) is 2. The molecule has 0 bridgehead atoms. The average Bonchev–Trinajstić information content (AvgIpc) is 2.47. The summed E-state index contributed by atoms with van der Waals surface area (Å²) in [5.74, 6) is 0.0796. The first-order valence-electron chi connectivity index (χ1n) is 7.52. The van der Waals surface area contributed by atoms with Crippen LogP contribution < -0.4 is 5.32 Å². The number of nitrogens with zero attached hydrogens (tertiary/aromatic N) is 1. The van der Waals surface area contributed by atoms with Crippen molar-refractivity contribution in [1.82, 2.24) is 10.3 Å². The predicted octanol–water partition coefficient (Wildman–Crippen LogP) is 4.37. The van der Waals surface area contributed by atoms with Gasteiger partial charge < -0.3 is 5.32 Å². The highest BCUT2D eigenvalue weighted by atomic mass is 19.1. The van der Waals surface area contributed by atoms with Crippen LogP contribution in [0.2, 0.25) is 0 Å². The van der Waals surface area contributed by atoms with Crippen LogP contribution in [0.3, 0.4) is 0 Å². The van der Waals surface area contributed by atoms with E-state index in [4.69, 9.17) is 0 Å². The van der Waals surface area contributed by atoms with Crippen LogP contribution in [-0.4, -0.2) is 11.5 Å². The summed E-state index contributed by atoms with van der Waals surface area (Å²) in [6.45, 7) is 7.15. The lowest BCUT2D eigenvalue weighted by Gasteiger charge is -2.26. The highest BCUT2D eigenvalue weighted by Crippen LogP contribution is 2.31. The number of halogens is 1. The van der Waals surface area contributed by atoms with Crippen molar-refractivity contribution in [3.05, 3.63) is 65.2 Å². The van der Waals surface area contributed by atoms with Crippen LogP contribution in [0.5, 0.6) is 0 Å². The molecule has 21 heavy (non-hydrogen) atoms. The Morgan fingerprint density at radius 2 is 1.86 bits per heavy atom. The minimum atomic E-state index is -0.171. The predicted molar refractivity (Wildman–Crippen MR) is 84.8 cm³/mol. The molecule has 2 rings (SSSR count). The van der Waals surface area contributed by atoms with Gasteiger partial charge in [-0.2, -0.15) is 0 Å². The number of hydrogen-bond donors (Lipinski definition) is 1. The van der Waals surface area contributed by atoms with Gasteiger partial charge in [0.15, 0.2) is 0 Å². The molecule has 0 saturated carbocycles. The summed E-state index contributed by atoms with van der Waals surface area (Å²) in [5.41, 5.74) is 3.17. The SMILES string of the molecule is CCCNC(c1cc(C)cc(F)c1)C(C)c1ccncc1. The fraction of sp³-hybridized carbons (Fsp3) is 0.389. The molecule has 0 amide bonds. The molecule has 2 unspecified atom stereocenters. The Hall–Kier alpha value is -1.74. The summed E-state index contributed by atoms with van der Waals surface area (Å²) in [7, 11) is 0. The molecule has 3 heteroatoms. The van der Waals surface area contributed by atoms with Crippen molar-refractivity contribution in [2.24, 2.45) is 0 Å². The minimum Gasteiger partial charge on any atom is -0.309 e. The van der Waals surface area contributed by atoms with Crippen molar-refractivity contribution in [1.29, 1.82) is 0 Å². The van der Waals surface area contributed by atoms with Gasteiger partial charge in [-0.1, -0.05) is 19.9 Å². The van der Waals surface area contributed by atoms with E-state index >= 15 is 0 Å². The van der Waals surface area contributed by atoms with E-state index in [1.54, 1.807) is 24.5 Å². The van der Waals surface area contributed by atoms with E-state index in [0.717, 1.165) is 24.1 Å². The normalized spacial score (nSPS) is 13.9. The Morgan fingerprint density at radius 3 is 2.48 bits per heavy atom. The Bertz CT molecular complexity index is 548. The largest absolute Gasteiger partial charge is 0.309 e. The summed E-state index contributed by atoms with van der Waals surface area (Å²) in [5, 5.41) is 3.55. The third kappa shape index (κ3) is 4.11. The first kappa shape index (κ1) is 15.6. The highest BCUT2D eigenvalue weighted by Gasteiger charge is 2.21. The number of nitrogens with one attached hydrogen (secondary N) is 1. The van der Waals surface area contributed by atoms with Crippen molar-refractivity contribution >= 4 is 0 Å². The summed E-state index contributed by atoms with van der Waals surface area (Å²) >= 11 is 0. The van der Waals surface area contributed by atoms with Gasteiger partial charge in [-0.25, -0.2) is 4.39 Å². The van der Waals surface area contributed by atoms with Gasteiger partial charge in [0, 0.05) is 24.4 Å². The summed E-state index contributed by atoms with van der Waals surface area (Å²) in [6, 6.07) is 9.42. The average molecular weight is 286 g/mol. The molecule has 2 nitrogen and oxygen atoms in total. The maximum atomic E-state index is 13.7. The maximum Gasteiger partial charge on any atom is 0.123 e. The van der Waals surface area contributed by atoms with Gasteiger partial charge in [-0.05, 0) is 60.8 Å². The van der Waals surface area contributed by atoms with E-state index in [-0.39, 0.29) is 17.8 Å². The molecule has 1 heterocycles. The third-order valence-electron chi connectivity index (χ3n) is 3.77. The quantitative estimate of drug-likeness (QED) is 0.852. The molecule has 0 aliphatic heterocycles. The Labute approximate surface area is 126 Å². The van der Waals surface area contributed by atoms with E-state index in [1.807, 2.05) is 19.1 Å². The minimum absolute atomic E-state index is 0.0988. The number of aryl methyl sites for hydroxylation is 1. The van der Waals surface area contributed by atoms with Crippen molar-refractivity contribution in [2.75, 3.05) is 6.54 Å². The molecule has 0 radical (unpaired) electrons. The van der Waals surface area contributed by atoms with Crippen LogP contribution in [-0.2, 0) is 0 Å². The van der Waals surface area contributed by atoms with Gasteiger partial charge in [0.2, 0.25) is 0 Å². The van der Waals surface area contributed by atoms with Crippen LogP contribution in [0.25, 0.3) is 0 Å². The molecule has 2 atom stereocenters. The van der Waals surface area contributed by atoms with Gasteiger partial charge in [0.05, 0.1) is 0 Å². The molecule has 0 spiro atoms. The molecule has 1 N–H and O–H groups in total. The van der Waals surface area contributed by atoms with E-state index in [1.165, 1.54) is 5.56 Å². The van der Waals surface area contributed by atoms with E-state index < -0.39 is 0 Å². The summed E-state index contributed by atoms with van der Waals surface area (Å²) < 4.78 is 13.7. The zero-order valence-electron chi connectivity index (χ0n) is 12.9. The van der Waals surface area contributed by atoms with Gasteiger partial charge in [-0.3, -0.25) is 4.98 Å². The zero-order chi connectivity index (χ0) is 15.2. The third-order valence-corrected chi connectivity index (χ3v) is 3.77. The fourth-order valence-corrected chi connectivity index (χ4v) is 2.69. The number of aromatic nitrogens is 1. The summed E-state index contributed by atoms with van der Waals surface area (Å²) in [4.78, 5) is 4.07. The second kappa shape index (κ2) is 7.32. The standard InChI is InChI=1S/C18H23FN2/c1-4-7-21-18(14(3)15-5-8-20-9-6-15)16-10-13(2)11-17(19)12-16/h5-6,8-12,14,18,21H,4,7H2,1-3H3. The van der Waals surface area contributed by atoms with Gasteiger partial charge in [0.1, 0.15) is 5.82 Å². The molecular weight excluding hydrogens is 263 g/mol. The molecule has 2 aromatic rings. The van der Waals surface area contributed by atoms with Crippen molar-refractivity contribution in [2.45, 2.75) is 39.2 Å². The molecule has 0 fully saturated rings. The lowest BCUT2D eigenvalue weighted by Crippen LogP contribution is -2.27. The monoisotopic (exact) mass is 286 g/mol. The second-order valence-corrected chi connectivity index (χ2v) is 5.56. The van der Waals surface area contributed by atoms with Crippen LogP contribution in [0.4, 0.5) is 4.39 Å². The van der Waals surface area contributed by atoms with Crippen LogP contribution in [0.1, 0.15) is 48.9 Å². The van der Waals surface area contributed by atoms with Gasteiger partial charge >= 0.3 is 0 Å². The second-order valence-electron chi connectivity index (χ2n) is 5.56. The zero-order valence-corrected chi connectivity index (χ0v) is 12.9. The van der Waals surface area contributed by atoms with Crippen LogP contribution >= 0.6 is 0 Å². The molecule has 1 aromatic heterocycles. The van der Waals surface area contributed by atoms with E-state index in [9.17, 15) is 4.39 Å². The molecule has 0 aliphatic rings. The van der Waals surface area contributed by atoms with Crippen LogP contribution in [0.15, 0.2) is 42.7 Å². The molecule has 1 aromatic carbocycles. The lowest BCUT2D eigenvalue weighted by atomic mass is 9.88. The molecule has 0 saturated heterocycles. The molecular formula is C18H23FN2. The van der Waals surface area contributed by atoms with Gasteiger partial charge in [0.25, 0.3) is 0 Å². The Kier molecular flexibility index (Phi) is 5.45. The Morgan fingerprint density at radius 1 is 1.14 bits per heavy atom. The van der Waals surface area contributed by atoms with E-state index in [0.29, 0.717) is 0 Å². The van der Waals surface area contributed by atoms with Gasteiger partial charge in [-0.15, -0.1) is 0 Å². The lowest BCUT2D eigenvalue weighted by molar-refractivity contribution is 0.463. The van der Waals surface area contributed by atoms with Crippen LogP contribution in [0, 0.1) is 12.7 Å². The smallest absolute Gasteiger partial charge is 0.123 e. The maximum absolute atomic E-state index is 13.7. The van der Waals surface area contributed by atoms with Crippen molar-refractivity contribution in [3.8, 4) is 0 Å². The number of pyridine rings is 1. The Balaban J connectivity index is 2.33. The van der Waals surface area contributed by atoms with E-state index in [2.05, 4.69) is 30.2 Å². The first-order valence-corrected chi connectivity index (χ1v) is 7.52. The highest BCUT2D eigenvalue weighted by molar-refractivity contribution is 5.30. The van der Waals surface area contributed by atoms with Crippen molar-refractivity contribution in [3.63, 3.8) is 0 Å². The molecule has 0 aliphatic carbocycles.